The summed E-state index contributed by atoms with van der Waals surface area (Å²) in [6, 6.07) is 78.5. The molecule has 0 unspecified atom stereocenters. The molecule has 0 fully saturated rings. The van der Waals surface area contributed by atoms with E-state index in [-0.39, 0.29) is 5.41 Å². The molecule has 0 saturated carbocycles. The molecule has 0 radical (unpaired) electrons. The van der Waals surface area contributed by atoms with Gasteiger partial charge in [0.25, 0.3) is 0 Å². The third kappa shape index (κ3) is 7.10. The number of thiophene rings is 1. The van der Waals surface area contributed by atoms with Gasteiger partial charge >= 0.3 is 0 Å². The summed E-state index contributed by atoms with van der Waals surface area (Å²) >= 11 is 1.85. The second-order valence-electron chi connectivity index (χ2n) is 19.2. The van der Waals surface area contributed by atoms with E-state index in [0.29, 0.717) is 6.67 Å². The molecule has 0 atom stereocenters. The summed E-state index contributed by atoms with van der Waals surface area (Å²) in [5.41, 5.74) is 15.0. The molecule has 9 aromatic carbocycles. The van der Waals surface area contributed by atoms with E-state index in [1.54, 1.807) is 0 Å². The Hall–Kier alpha value is -8.45. The molecule has 70 heavy (non-hydrogen) atoms. The zero-order chi connectivity index (χ0) is 46.9. The third-order valence-corrected chi connectivity index (χ3v) is 15.0. The highest BCUT2D eigenvalue weighted by molar-refractivity contribution is 7.27. The minimum atomic E-state index is -0.0442. The average Bonchev–Trinajstić information content (AvgIpc) is 4.08. The van der Waals surface area contributed by atoms with E-state index in [1.165, 1.54) is 81.1 Å². The lowest BCUT2D eigenvalue weighted by atomic mass is 9.88. The molecular formula is C64H48N4OS. The van der Waals surface area contributed by atoms with Crippen LogP contribution in [0.1, 0.15) is 26.3 Å². The van der Waals surface area contributed by atoms with E-state index in [9.17, 15) is 0 Å². The lowest BCUT2D eigenvalue weighted by Gasteiger charge is -2.27. The van der Waals surface area contributed by atoms with Crippen molar-refractivity contribution in [1.29, 1.82) is 0 Å². The van der Waals surface area contributed by atoms with Crippen molar-refractivity contribution in [3.8, 4) is 50.7 Å². The Labute approximate surface area is 411 Å². The number of aromatic nitrogens is 2. The lowest BCUT2D eigenvalue weighted by Crippen LogP contribution is -2.25. The van der Waals surface area contributed by atoms with Gasteiger partial charge in [0.2, 0.25) is 0 Å². The Balaban J connectivity index is 0.905. The van der Waals surface area contributed by atoms with Crippen LogP contribution in [0.2, 0.25) is 0 Å². The Morgan fingerprint density at radius 1 is 0.514 bits per heavy atom. The van der Waals surface area contributed by atoms with Crippen LogP contribution in [0.15, 0.2) is 225 Å². The zero-order valence-corrected chi connectivity index (χ0v) is 40.0. The topological polar surface area (TPSA) is 33.5 Å². The Bertz CT molecular complexity index is 3960. The molecule has 13 rings (SSSR count). The van der Waals surface area contributed by atoms with Crippen molar-refractivity contribution in [2.75, 3.05) is 16.5 Å². The van der Waals surface area contributed by atoms with Gasteiger partial charge in [0.05, 0.1) is 32.8 Å². The zero-order valence-electron chi connectivity index (χ0n) is 39.2. The Morgan fingerprint density at radius 3 is 2.00 bits per heavy atom. The van der Waals surface area contributed by atoms with Crippen molar-refractivity contribution in [2.24, 2.45) is 0 Å². The van der Waals surface area contributed by atoms with E-state index in [1.807, 2.05) is 17.5 Å². The van der Waals surface area contributed by atoms with Crippen LogP contribution in [0, 0.1) is 0 Å². The highest BCUT2D eigenvalue weighted by Crippen LogP contribution is 2.51. The number of nitrogens with zero attached hydrogens (tertiary/aromatic N) is 4. The molecule has 5 nitrogen and oxygen atoms in total. The normalized spacial score (nSPS) is 12.7. The first-order valence-electron chi connectivity index (χ1n) is 24.0. The number of hydrogen-bond donors (Lipinski definition) is 0. The fourth-order valence-corrected chi connectivity index (χ4v) is 11.7. The molecule has 1 aliphatic rings. The van der Waals surface area contributed by atoms with Crippen molar-refractivity contribution in [1.82, 2.24) is 9.55 Å². The molecule has 0 saturated heterocycles. The number of para-hydroxylation sites is 3. The van der Waals surface area contributed by atoms with Gasteiger partial charge in [-0.3, -0.25) is 4.57 Å². The van der Waals surface area contributed by atoms with Gasteiger partial charge in [-0.05, 0) is 105 Å². The lowest BCUT2D eigenvalue weighted by molar-refractivity contribution is 0.483. The molecule has 3 aromatic heterocycles. The first kappa shape index (κ1) is 41.7. The van der Waals surface area contributed by atoms with Gasteiger partial charge in [-0.15, -0.1) is 11.3 Å². The predicted octanol–water partition coefficient (Wildman–Crippen LogP) is 17.9. The van der Waals surface area contributed by atoms with Crippen LogP contribution < -0.4 is 14.5 Å². The fraction of sp³-hybridized carbons (Fsp3) is 0.0781. The van der Waals surface area contributed by atoms with Crippen molar-refractivity contribution >= 4 is 76.1 Å². The number of hydrogen-bond acceptors (Lipinski definition) is 5. The van der Waals surface area contributed by atoms with Crippen LogP contribution in [0.3, 0.4) is 0 Å². The maximum Gasteiger partial charge on any atom is 0.137 e. The van der Waals surface area contributed by atoms with Crippen LogP contribution in [-0.2, 0) is 5.41 Å². The second-order valence-corrected chi connectivity index (χ2v) is 20.3. The van der Waals surface area contributed by atoms with E-state index in [0.717, 1.165) is 39.9 Å². The number of benzene rings is 9. The molecule has 6 heteroatoms. The minimum absolute atomic E-state index is 0.0442. The maximum atomic E-state index is 6.92. The van der Waals surface area contributed by atoms with Crippen molar-refractivity contribution < 1.29 is 4.74 Å². The minimum Gasteiger partial charge on any atom is -0.457 e. The van der Waals surface area contributed by atoms with Gasteiger partial charge in [-0.1, -0.05) is 166 Å². The molecule has 4 heterocycles. The summed E-state index contributed by atoms with van der Waals surface area (Å²) in [5, 5.41) is 4.91. The third-order valence-electron chi connectivity index (χ3n) is 13.9. The summed E-state index contributed by atoms with van der Waals surface area (Å²) in [4.78, 5) is 9.94. The highest BCUT2D eigenvalue weighted by atomic mass is 32.1. The fourth-order valence-electron chi connectivity index (χ4n) is 10.5. The SMILES string of the molecule is CC(C)(C)c1ccnc(-n2c3cc(Oc4cccc(N5CN(c6c(-c7ccccc7)cccc6-c6cccc(-c7ccccc7)c6)c6ccccc65)c4)ccc3c3sc4ccc5ccccc5c4c32)c1. The monoisotopic (exact) mass is 920 g/mol. The van der Waals surface area contributed by atoms with Crippen LogP contribution in [0.4, 0.5) is 22.7 Å². The van der Waals surface area contributed by atoms with Gasteiger partial charge in [-0.2, -0.15) is 0 Å². The quantitative estimate of drug-likeness (QED) is 0.152. The summed E-state index contributed by atoms with van der Waals surface area (Å²) in [7, 11) is 0. The largest absolute Gasteiger partial charge is 0.457 e. The summed E-state index contributed by atoms with van der Waals surface area (Å²) < 4.78 is 11.8. The maximum absolute atomic E-state index is 6.92. The van der Waals surface area contributed by atoms with Gasteiger partial charge in [0.15, 0.2) is 0 Å². The predicted molar refractivity (Wildman–Crippen MR) is 295 cm³/mol. The van der Waals surface area contributed by atoms with Gasteiger partial charge in [0, 0.05) is 50.6 Å². The Morgan fingerprint density at radius 2 is 1.19 bits per heavy atom. The first-order valence-corrected chi connectivity index (χ1v) is 24.8. The average molecular weight is 921 g/mol. The molecular weight excluding hydrogens is 873 g/mol. The number of anilines is 4. The van der Waals surface area contributed by atoms with E-state index >= 15 is 0 Å². The van der Waals surface area contributed by atoms with Crippen molar-refractivity contribution in [3.63, 3.8) is 0 Å². The smallest absolute Gasteiger partial charge is 0.137 e. The first-order chi connectivity index (χ1) is 34.3. The van der Waals surface area contributed by atoms with Crippen LogP contribution in [-0.4, -0.2) is 16.2 Å². The highest BCUT2D eigenvalue weighted by Gasteiger charge is 2.32. The number of rotatable bonds is 8. The Kier molecular flexibility index (Phi) is 9.92. The molecule has 0 spiro atoms. The molecule has 0 bridgehead atoms. The number of ether oxygens (including phenoxy) is 1. The molecule has 1 aliphatic heterocycles. The summed E-state index contributed by atoms with van der Waals surface area (Å²) in [5.74, 6) is 2.43. The molecule has 336 valence electrons. The van der Waals surface area contributed by atoms with Crippen molar-refractivity contribution in [3.05, 3.63) is 230 Å². The standard InChI is InChI=1S/C64H48N4OS/c1-64(2,3)47-35-36-65-59(38-47)68-57-40-50(32-33-54(57)63-62(68)60-51-26-11-10-21-44(51)31-34-58(60)70-63)69-49-25-15-24-48(39-49)66-41-67(56-30-13-12-29-55(56)66)61-52(43-19-8-5-9-20-43)27-16-28-53(61)46-23-14-22-45(37-46)42-17-6-4-7-18-42/h4-40H,41H2,1-3H3. The van der Waals surface area contributed by atoms with E-state index < -0.39 is 0 Å². The van der Waals surface area contributed by atoms with Gasteiger partial charge < -0.3 is 14.5 Å². The molecule has 0 aliphatic carbocycles. The van der Waals surface area contributed by atoms with Gasteiger partial charge in [-0.25, -0.2) is 4.98 Å². The van der Waals surface area contributed by atoms with Crippen LogP contribution in [0.25, 0.3) is 81.2 Å². The van der Waals surface area contributed by atoms with Crippen LogP contribution >= 0.6 is 11.3 Å². The van der Waals surface area contributed by atoms with E-state index in [2.05, 4.69) is 254 Å². The summed E-state index contributed by atoms with van der Waals surface area (Å²) in [6.07, 6.45) is 1.95. The molecule has 0 amide bonds. The summed E-state index contributed by atoms with van der Waals surface area (Å²) in [6.45, 7) is 7.38. The van der Waals surface area contributed by atoms with Gasteiger partial charge in [0.1, 0.15) is 24.0 Å². The van der Waals surface area contributed by atoms with E-state index in [4.69, 9.17) is 9.72 Å². The number of fused-ring (bicyclic) bond motifs is 8. The second kappa shape index (κ2) is 16.7. The molecule has 12 aromatic rings. The van der Waals surface area contributed by atoms with Crippen LogP contribution in [0.5, 0.6) is 11.5 Å². The number of pyridine rings is 1. The molecule has 0 N–H and O–H groups in total. The van der Waals surface area contributed by atoms with Crippen molar-refractivity contribution in [2.45, 2.75) is 26.2 Å².